The second-order valence-corrected chi connectivity index (χ2v) is 12.5. The van der Waals surface area contributed by atoms with Crippen LogP contribution < -0.4 is 10.1 Å². The van der Waals surface area contributed by atoms with E-state index in [1.165, 1.54) is 22.3 Å². The molecule has 1 amide bonds. The molecule has 2 unspecified atom stereocenters. The molecule has 0 aromatic heterocycles. The van der Waals surface area contributed by atoms with Crippen LogP contribution in [0.5, 0.6) is 5.75 Å². The molecule has 260 valence electrons. The Bertz CT molecular complexity index is 1260. The third kappa shape index (κ3) is 14.5. The minimum absolute atomic E-state index is 0.107. The Kier molecular flexibility index (Phi) is 21.2. The minimum atomic E-state index is -0.107. The van der Waals surface area contributed by atoms with E-state index in [0.29, 0.717) is 24.4 Å². The van der Waals surface area contributed by atoms with Crippen molar-refractivity contribution in [3.05, 3.63) is 88.3 Å². The van der Waals surface area contributed by atoms with Gasteiger partial charge in [0, 0.05) is 25.6 Å². The average Bonchev–Trinajstić information content (AvgIpc) is 3.72. The van der Waals surface area contributed by atoms with Gasteiger partial charge < -0.3 is 10.1 Å². The SMILES string of the molecule is C#C.C/C=C\C=C(\CCC1CC(c2ccc3c(c2)CCO3)CN1CC(=O)NCCCC)C(C)C.CC.CCCc1ccc(F)c(C)c1. The van der Waals surface area contributed by atoms with E-state index in [1.54, 1.807) is 13.0 Å². The lowest BCUT2D eigenvalue weighted by atomic mass is 9.91. The van der Waals surface area contributed by atoms with Crippen molar-refractivity contribution in [3.63, 3.8) is 0 Å². The number of terminal acetylenes is 1. The maximum atomic E-state index is 12.7. The van der Waals surface area contributed by atoms with Crippen molar-refractivity contribution >= 4 is 5.91 Å². The summed E-state index contributed by atoms with van der Waals surface area (Å²) in [5.74, 6) is 2.14. The van der Waals surface area contributed by atoms with Crippen LogP contribution in [0.2, 0.25) is 0 Å². The number of rotatable bonds is 13. The first-order valence-electron chi connectivity index (χ1n) is 17.9. The molecule has 0 aliphatic carbocycles. The number of carbonyl (C=O) groups excluding carboxylic acids is 1. The number of hydrogen-bond acceptors (Lipinski definition) is 3. The Hall–Kier alpha value is -3.36. The zero-order valence-corrected chi connectivity index (χ0v) is 30.7. The minimum Gasteiger partial charge on any atom is -0.493 e. The summed E-state index contributed by atoms with van der Waals surface area (Å²) in [4.78, 5) is 15.0. The molecule has 1 N–H and O–H groups in total. The summed E-state index contributed by atoms with van der Waals surface area (Å²) in [6, 6.07) is 12.5. The van der Waals surface area contributed by atoms with E-state index in [0.717, 1.165) is 82.4 Å². The van der Waals surface area contributed by atoms with Gasteiger partial charge in [0.25, 0.3) is 0 Å². The molecular formula is C42H63FN2O2. The van der Waals surface area contributed by atoms with Gasteiger partial charge in [0.05, 0.1) is 13.2 Å². The fraction of sp³-hybridized carbons (Fsp3) is 0.548. The van der Waals surface area contributed by atoms with Crippen molar-refractivity contribution in [2.75, 3.05) is 26.2 Å². The number of nitrogens with one attached hydrogen (secondary N) is 1. The normalized spacial score (nSPS) is 17.1. The quantitative estimate of drug-likeness (QED) is 0.134. The second kappa shape index (κ2) is 23.9. The molecule has 1 fully saturated rings. The zero-order chi connectivity index (χ0) is 35.2. The monoisotopic (exact) mass is 646 g/mol. The number of unbranched alkanes of at least 4 members (excludes halogenated alkanes) is 1. The molecule has 2 atom stereocenters. The lowest BCUT2D eigenvalue weighted by Crippen LogP contribution is -2.40. The van der Waals surface area contributed by atoms with E-state index in [4.69, 9.17) is 4.74 Å². The Balaban J connectivity index is 0.000000615. The van der Waals surface area contributed by atoms with Crippen LogP contribution in [0.25, 0.3) is 0 Å². The van der Waals surface area contributed by atoms with Crippen LogP contribution in [-0.2, 0) is 17.6 Å². The first kappa shape index (κ1) is 41.7. The van der Waals surface area contributed by atoms with Gasteiger partial charge >= 0.3 is 0 Å². The van der Waals surface area contributed by atoms with Gasteiger partial charge in [-0.25, -0.2) is 4.39 Å². The topological polar surface area (TPSA) is 41.6 Å². The summed E-state index contributed by atoms with van der Waals surface area (Å²) in [5, 5.41) is 3.11. The van der Waals surface area contributed by atoms with Gasteiger partial charge in [-0.3, -0.25) is 9.69 Å². The van der Waals surface area contributed by atoms with Crippen molar-refractivity contribution in [2.24, 2.45) is 5.92 Å². The predicted octanol–water partition coefficient (Wildman–Crippen LogP) is 10.00. The number of hydrogen-bond donors (Lipinski definition) is 1. The van der Waals surface area contributed by atoms with Gasteiger partial charge in [0.2, 0.25) is 5.91 Å². The molecule has 5 heteroatoms. The summed E-state index contributed by atoms with van der Waals surface area (Å²) in [5.41, 5.74) is 6.21. The molecule has 0 bridgehead atoms. The number of benzene rings is 2. The molecule has 2 aromatic rings. The molecule has 2 heterocycles. The highest BCUT2D eigenvalue weighted by atomic mass is 19.1. The highest BCUT2D eigenvalue weighted by Gasteiger charge is 2.34. The second-order valence-electron chi connectivity index (χ2n) is 12.5. The number of nitrogens with zero attached hydrogens (tertiary/aromatic N) is 1. The van der Waals surface area contributed by atoms with Gasteiger partial charge in [-0.15, -0.1) is 12.8 Å². The number of aryl methyl sites for hydroxylation is 2. The molecule has 4 nitrogen and oxygen atoms in total. The highest BCUT2D eigenvalue weighted by molar-refractivity contribution is 5.78. The molecule has 2 aliphatic heterocycles. The molecule has 0 radical (unpaired) electrons. The van der Waals surface area contributed by atoms with Crippen molar-refractivity contribution in [2.45, 2.75) is 119 Å². The van der Waals surface area contributed by atoms with Gasteiger partial charge in [0.1, 0.15) is 11.6 Å². The first-order valence-corrected chi connectivity index (χ1v) is 17.9. The van der Waals surface area contributed by atoms with Crippen LogP contribution in [-0.4, -0.2) is 43.1 Å². The van der Waals surface area contributed by atoms with Crippen molar-refractivity contribution < 1.29 is 13.9 Å². The van der Waals surface area contributed by atoms with Crippen LogP contribution in [0.4, 0.5) is 4.39 Å². The van der Waals surface area contributed by atoms with E-state index >= 15 is 0 Å². The molecule has 0 saturated carbocycles. The number of fused-ring (bicyclic) bond motifs is 1. The maximum absolute atomic E-state index is 12.7. The van der Waals surface area contributed by atoms with Gasteiger partial charge in [-0.2, -0.15) is 0 Å². The number of amides is 1. The molecule has 1 saturated heterocycles. The lowest BCUT2D eigenvalue weighted by molar-refractivity contribution is -0.122. The number of likely N-dealkylation sites (tertiary alicyclic amines) is 1. The number of carbonyl (C=O) groups is 1. The van der Waals surface area contributed by atoms with Gasteiger partial charge in [0.15, 0.2) is 0 Å². The Morgan fingerprint density at radius 1 is 1.13 bits per heavy atom. The van der Waals surface area contributed by atoms with E-state index in [2.05, 4.69) is 94.1 Å². The van der Waals surface area contributed by atoms with Crippen LogP contribution in [0, 0.1) is 31.5 Å². The zero-order valence-electron chi connectivity index (χ0n) is 30.7. The fourth-order valence-corrected chi connectivity index (χ4v) is 6.09. The van der Waals surface area contributed by atoms with E-state index < -0.39 is 0 Å². The number of ether oxygens (including phenoxy) is 1. The summed E-state index contributed by atoms with van der Waals surface area (Å²) < 4.78 is 18.4. The summed E-state index contributed by atoms with van der Waals surface area (Å²) in [7, 11) is 0. The summed E-state index contributed by atoms with van der Waals surface area (Å²) in [6.45, 7) is 19.7. The lowest BCUT2D eigenvalue weighted by Gasteiger charge is -2.24. The van der Waals surface area contributed by atoms with E-state index in [1.807, 2.05) is 26.0 Å². The maximum Gasteiger partial charge on any atom is 0.234 e. The molecule has 2 aromatic carbocycles. The van der Waals surface area contributed by atoms with Crippen molar-refractivity contribution in [3.8, 4) is 18.6 Å². The number of allylic oxidation sites excluding steroid dienone is 4. The Labute approximate surface area is 287 Å². The standard InChI is InChI=1S/C28H42N2O2.C10H13F.C2H6.C2H2/c1-5-7-9-22(21(3)4)10-12-26-18-25(19-30(26)20-28(31)29-15-8-6-2)23-11-13-27-24(17-23)14-16-32-27;1-3-4-9-5-6-10(11)8(2)7-9;2*1-2/h5,7,9,11,13,17,21,25-26H,6,8,10,12,14-16,18-20H2,1-4H3,(H,29,31);5-7H,3-4H2,1-2H3;1-2H3;1-2H/b7-5-,22-9-;;;. The predicted molar refractivity (Wildman–Crippen MR) is 200 cm³/mol. The van der Waals surface area contributed by atoms with Crippen LogP contribution in [0.15, 0.2) is 60.2 Å². The van der Waals surface area contributed by atoms with E-state index in [-0.39, 0.29) is 11.7 Å². The summed E-state index contributed by atoms with van der Waals surface area (Å²) >= 11 is 0. The Morgan fingerprint density at radius 3 is 2.51 bits per heavy atom. The molecule has 0 spiro atoms. The van der Waals surface area contributed by atoms with Crippen LogP contribution in [0.1, 0.15) is 115 Å². The highest BCUT2D eigenvalue weighted by Crippen LogP contribution is 2.37. The third-order valence-corrected chi connectivity index (χ3v) is 8.68. The largest absolute Gasteiger partial charge is 0.493 e. The molecule has 4 rings (SSSR count). The number of halogens is 1. The first-order chi connectivity index (χ1) is 22.7. The third-order valence-electron chi connectivity index (χ3n) is 8.68. The Morgan fingerprint density at radius 2 is 1.87 bits per heavy atom. The van der Waals surface area contributed by atoms with Crippen LogP contribution in [0.3, 0.4) is 0 Å². The average molecular weight is 647 g/mol. The van der Waals surface area contributed by atoms with Crippen molar-refractivity contribution in [1.82, 2.24) is 10.2 Å². The smallest absolute Gasteiger partial charge is 0.234 e. The van der Waals surface area contributed by atoms with Crippen molar-refractivity contribution in [1.29, 1.82) is 0 Å². The van der Waals surface area contributed by atoms with Gasteiger partial charge in [-0.05, 0) is 92.2 Å². The summed E-state index contributed by atoms with van der Waals surface area (Å²) in [6.07, 6.45) is 23.2. The van der Waals surface area contributed by atoms with Gasteiger partial charge in [-0.1, -0.05) is 102 Å². The van der Waals surface area contributed by atoms with Crippen LogP contribution >= 0.6 is 0 Å². The fourth-order valence-electron chi connectivity index (χ4n) is 6.09. The molecular weight excluding hydrogens is 583 g/mol. The molecule has 47 heavy (non-hydrogen) atoms. The van der Waals surface area contributed by atoms with E-state index in [9.17, 15) is 9.18 Å². The molecule has 2 aliphatic rings.